The Bertz CT molecular complexity index is 881. The number of nitrogens with two attached hydrogens (primary N) is 1. The molecular weight excluding hydrogens is 344 g/mol. The topological polar surface area (TPSA) is 105 Å². The van der Waals surface area contributed by atoms with Crippen molar-refractivity contribution in [3.8, 4) is 0 Å². The molecule has 0 radical (unpaired) electrons. The number of hydrogen-bond acceptors (Lipinski definition) is 4. The van der Waals surface area contributed by atoms with E-state index in [-0.39, 0.29) is 18.2 Å². The summed E-state index contributed by atoms with van der Waals surface area (Å²) in [5.74, 6) is -0.463. The van der Waals surface area contributed by atoms with Gasteiger partial charge in [0, 0.05) is 24.2 Å². The molecule has 1 unspecified atom stereocenters. The molecule has 7 nitrogen and oxygen atoms in total. The van der Waals surface area contributed by atoms with Gasteiger partial charge in [-0.2, -0.15) is 0 Å². The number of nitrogens with one attached hydrogen (secondary N) is 2. The highest BCUT2D eigenvalue weighted by atomic mass is 16.2. The standard InChI is InChI=1S/C20H22N4O3/c1-13(25)11-18-17-8-3-2-5-14(17)9-10-24(18)20(27)23-22-19(26)15-6-4-7-16(21)12-15/h2-8,12,18H,9-11,21H2,1H3,(H,22,26)(H,23,27). The van der Waals surface area contributed by atoms with Crippen molar-refractivity contribution in [1.29, 1.82) is 0 Å². The maximum Gasteiger partial charge on any atom is 0.336 e. The summed E-state index contributed by atoms with van der Waals surface area (Å²) in [7, 11) is 0. The number of amides is 3. The van der Waals surface area contributed by atoms with Gasteiger partial charge in [-0.1, -0.05) is 30.3 Å². The van der Waals surface area contributed by atoms with Crippen LogP contribution in [0.5, 0.6) is 0 Å². The van der Waals surface area contributed by atoms with Crippen molar-refractivity contribution in [2.45, 2.75) is 25.8 Å². The number of nitrogens with zero attached hydrogens (tertiary/aromatic N) is 1. The van der Waals surface area contributed by atoms with Crippen LogP contribution in [-0.2, 0) is 11.2 Å². The highest BCUT2D eigenvalue weighted by molar-refractivity contribution is 5.96. The van der Waals surface area contributed by atoms with Crippen molar-refractivity contribution in [2.75, 3.05) is 12.3 Å². The first-order valence-corrected chi connectivity index (χ1v) is 8.75. The minimum Gasteiger partial charge on any atom is -0.399 e. The number of anilines is 1. The number of benzene rings is 2. The molecule has 7 heteroatoms. The van der Waals surface area contributed by atoms with Gasteiger partial charge in [0.05, 0.1) is 6.04 Å². The summed E-state index contributed by atoms with van der Waals surface area (Å²) in [5, 5.41) is 0. The first-order valence-electron chi connectivity index (χ1n) is 8.75. The quantitative estimate of drug-likeness (QED) is 0.572. The van der Waals surface area contributed by atoms with E-state index in [1.54, 1.807) is 23.1 Å². The lowest BCUT2D eigenvalue weighted by atomic mass is 9.90. The first kappa shape index (κ1) is 18.4. The van der Waals surface area contributed by atoms with Gasteiger partial charge in [-0.15, -0.1) is 0 Å². The van der Waals surface area contributed by atoms with Crippen LogP contribution < -0.4 is 16.6 Å². The second-order valence-corrected chi connectivity index (χ2v) is 6.57. The van der Waals surface area contributed by atoms with Crippen LogP contribution >= 0.6 is 0 Å². The van der Waals surface area contributed by atoms with Crippen LogP contribution in [0.3, 0.4) is 0 Å². The van der Waals surface area contributed by atoms with Gasteiger partial charge in [0.2, 0.25) is 0 Å². The number of nitrogen functional groups attached to an aromatic ring is 1. The molecule has 1 atom stereocenters. The molecule has 0 spiro atoms. The van der Waals surface area contributed by atoms with E-state index in [1.165, 1.54) is 13.0 Å². The molecule has 0 saturated heterocycles. The number of fused-ring (bicyclic) bond motifs is 1. The second-order valence-electron chi connectivity index (χ2n) is 6.57. The Labute approximate surface area is 157 Å². The predicted molar refractivity (Wildman–Crippen MR) is 102 cm³/mol. The Morgan fingerprint density at radius 1 is 1.11 bits per heavy atom. The summed E-state index contributed by atoms with van der Waals surface area (Å²) >= 11 is 0. The Morgan fingerprint density at radius 2 is 1.89 bits per heavy atom. The first-order chi connectivity index (χ1) is 13.0. The van der Waals surface area contributed by atoms with Gasteiger partial charge in [-0.05, 0) is 42.7 Å². The molecule has 140 valence electrons. The van der Waals surface area contributed by atoms with Crippen LogP contribution in [0.15, 0.2) is 48.5 Å². The minimum absolute atomic E-state index is 0.00157. The van der Waals surface area contributed by atoms with E-state index in [4.69, 9.17) is 5.73 Å². The number of hydrogen-bond donors (Lipinski definition) is 3. The fraction of sp³-hybridized carbons (Fsp3) is 0.250. The largest absolute Gasteiger partial charge is 0.399 e. The highest BCUT2D eigenvalue weighted by Gasteiger charge is 2.31. The maximum atomic E-state index is 12.7. The van der Waals surface area contributed by atoms with E-state index < -0.39 is 11.9 Å². The lowest BCUT2D eigenvalue weighted by Gasteiger charge is -2.36. The summed E-state index contributed by atoms with van der Waals surface area (Å²) in [5.41, 5.74) is 13.4. The molecule has 27 heavy (non-hydrogen) atoms. The second kappa shape index (κ2) is 7.90. The van der Waals surface area contributed by atoms with Crippen molar-refractivity contribution in [3.05, 3.63) is 65.2 Å². The Balaban J connectivity index is 1.71. The monoisotopic (exact) mass is 366 g/mol. The lowest BCUT2D eigenvalue weighted by Crippen LogP contribution is -2.51. The minimum atomic E-state index is -0.462. The third-order valence-electron chi connectivity index (χ3n) is 4.59. The summed E-state index contributed by atoms with van der Waals surface area (Å²) < 4.78 is 0. The predicted octanol–water partition coefficient (Wildman–Crippen LogP) is 2.20. The zero-order chi connectivity index (χ0) is 19.4. The molecule has 0 fully saturated rings. The van der Waals surface area contributed by atoms with E-state index in [0.717, 1.165) is 11.1 Å². The molecule has 0 bridgehead atoms. The summed E-state index contributed by atoms with van der Waals surface area (Å²) in [6.45, 7) is 1.98. The number of hydrazine groups is 1. The SMILES string of the molecule is CC(=O)CC1c2ccccc2CCN1C(=O)NNC(=O)c1cccc(N)c1. The zero-order valence-corrected chi connectivity index (χ0v) is 15.1. The zero-order valence-electron chi connectivity index (χ0n) is 15.1. The number of ketones is 1. The Morgan fingerprint density at radius 3 is 2.63 bits per heavy atom. The number of carbonyl (C=O) groups is 3. The van der Waals surface area contributed by atoms with Gasteiger partial charge in [0.15, 0.2) is 0 Å². The summed E-state index contributed by atoms with van der Waals surface area (Å²) in [4.78, 5) is 38.2. The van der Waals surface area contributed by atoms with Crippen LogP contribution in [0.2, 0.25) is 0 Å². The van der Waals surface area contributed by atoms with E-state index in [1.807, 2.05) is 24.3 Å². The summed E-state index contributed by atoms with van der Waals surface area (Å²) in [6.07, 6.45) is 0.925. The van der Waals surface area contributed by atoms with Crippen LogP contribution in [-0.4, -0.2) is 29.2 Å². The fourth-order valence-electron chi connectivity index (χ4n) is 3.32. The van der Waals surface area contributed by atoms with Gasteiger partial charge in [-0.3, -0.25) is 15.0 Å². The van der Waals surface area contributed by atoms with Crippen molar-refractivity contribution >= 4 is 23.4 Å². The number of rotatable bonds is 3. The van der Waals surface area contributed by atoms with Crippen LogP contribution in [0, 0.1) is 0 Å². The molecule has 3 amide bonds. The number of urea groups is 1. The molecule has 2 aromatic carbocycles. The number of Topliss-reactive ketones (excluding diaryl/α,β-unsaturated/α-hetero) is 1. The molecule has 4 N–H and O–H groups in total. The van der Waals surface area contributed by atoms with Crippen molar-refractivity contribution in [1.82, 2.24) is 15.8 Å². The van der Waals surface area contributed by atoms with Crippen molar-refractivity contribution < 1.29 is 14.4 Å². The number of carbonyl (C=O) groups excluding carboxylic acids is 3. The van der Waals surface area contributed by atoms with Crippen LogP contribution in [0.25, 0.3) is 0 Å². The maximum absolute atomic E-state index is 12.7. The highest BCUT2D eigenvalue weighted by Crippen LogP contribution is 2.32. The average Bonchev–Trinajstić information content (AvgIpc) is 2.65. The molecule has 1 aliphatic heterocycles. The van der Waals surface area contributed by atoms with Gasteiger partial charge in [0.25, 0.3) is 5.91 Å². The smallest absolute Gasteiger partial charge is 0.336 e. The molecule has 1 aliphatic rings. The van der Waals surface area contributed by atoms with Gasteiger partial charge >= 0.3 is 6.03 Å². The van der Waals surface area contributed by atoms with Gasteiger partial charge < -0.3 is 10.6 Å². The van der Waals surface area contributed by atoms with Gasteiger partial charge in [-0.25, -0.2) is 10.2 Å². The molecule has 3 rings (SSSR count). The van der Waals surface area contributed by atoms with Crippen molar-refractivity contribution in [2.24, 2.45) is 0 Å². The molecule has 0 aromatic heterocycles. The Hall–Kier alpha value is -3.35. The Kier molecular flexibility index (Phi) is 5.40. The molecule has 0 saturated carbocycles. The molecule has 0 aliphatic carbocycles. The average molecular weight is 366 g/mol. The van der Waals surface area contributed by atoms with E-state index in [9.17, 15) is 14.4 Å². The van der Waals surface area contributed by atoms with E-state index in [0.29, 0.717) is 24.2 Å². The summed E-state index contributed by atoms with van der Waals surface area (Å²) in [6, 6.07) is 13.5. The van der Waals surface area contributed by atoms with Gasteiger partial charge in [0.1, 0.15) is 5.78 Å². The third kappa shape index (κ3) is 4.25. The van der Waals surface area contributed by atoms with E-state index in [2.05, 4.69) is 10.9 Å². The lowest BCUT2D eigenvalue weighted by molar-refractivity contribution is -0.118. The van der Waals surface area contributed by atoms with Crippen LogP contribution in [0.1, 0.15) is 40.9 Å². The molecule has 2 aromatic rings. The molecule has 1 heterocycles. The normalized spacial score (nSPS) is 15.6. The fourth-order valence-corrected chi connectivity index (χ4v) is 3.32. The third-order valence-corrected chi connectivity index (χ3v) is 4.59. The van der Waals surface area contributed by atoms with Crippen molar-refractivity contribution in [3.63, 3.8) is 0 Å². The van der Waals surface area contributed by atoms with Crippen LogP contribution in [0.4, 0.5) is 10.5 Å². The molecular formula is C20H22N4O3. The van der Waals surface area contributed by atoms with E-state index >= 15 is 0 Å².